The van der Waals surface area contributed by atoms with Gasteiger partial charge in [0, 0.05) is 5.33 Å². The molecule has 2 nitrogen and oxygen atoms in total. The van der Waals surface area contributed by atoms with E-state index >= 15 is 0 Å². The SMILES string of the molecule is CCOC(=O)C(F)=CCBr. The number of halogens is 2. The zero-order valence-electron chi connectivity index (χ0n) is 5.56. The topological polar surface area (TPSA) is 26.3 Å². The Balaban J connectivity index is 3.82. The van der Waals surface area contributed by atoms with Crippen molar-refractivity contribution in [1.29, 1.82) is 0 Å². The van der Waals surface area contributed by atoms with E-state index < -0.39 is 11.8 Å². The first kappa shape index (κ1) is 9.62. The van der Waals surface area contributed by atoms with Crippen molar-refractivity contribution in [3.8, 4) is 0 Å². The molecule has 0 amide bonds. The predicted octanol–water partition coefficient (Wildman–Crippen LogP) is 1.80. The summed E-state index contributed by atoms with van der Waals surface area (Å²) < 4.78 is 16.7. The van der Waals surface area contributed by atoms with Crippen LogP contribution in [0.2, 0.25) is 0 Å². The number of carbonyl (C=O) groups excluding carboxylic acids is 1. The molecule has 0 heterocycles. The number of esters is 1. The first-order valence-electron chi connectivity index (χ1n) is 2.81. The largest absolute Gasteiger partial charge is 0.461 e. The second-order valence-corrected chi connectivity index (χ2v) is 2.07. The van der Waals surface area contributed by atoms with Crippen LogP contribution in [0.25, 0.3) is 0 Å². The van der Waals surface area contributed by atoms with E-state index in [9.17, 15) is 9.18 Å². The molecule has 0 bridgehead atoms. The van der Waals surface area contributed by atoms with Gasteiger partial charge in [0.05, 0.1) is 6.61 Å². The fourth-order valence-corrected chi connectivity index (χ4v) is 0.635. The van der Waals surface area contributed by atoms with E-state index in [4.69, 9.17) is 0 Å². The Bertz CT molecular complexity index is 145. The van der Waals surface area contributed by atoms with Crippen molar-refractivity contribution < 1.29 is 13.9 Å². The van der Waals surface area contributed by atoms with Crippen molar-refractivity contribution in [2.24, 2.45) is 0 Å². The summed E-state index contributed by atoms with van der Waals surface area (Å²) in [5.74, 6) is -1.75. The van der Waals surface area contributed by atoms with E-state index in [1.807, 2.05) is 0 Å². The molecule has 58 valence electrons. The number of rotatable bonds is 3. The zero-order valence-corrected chi connectivity index (χ0v) is 7.15. The van der Waals surface area contributed by atoms with Gasteiger partial charge in [-0.3, -0.25) is 0 Å². The van der Waals surface area contributed by atoms with Crippen molar-refractivity contribution in [2.45, 2.75) is 6.92 Å². The Morgan fingerprint density at radius 1 is 1.80 bits per heavy atom. The van der Waals surface area contributed by atoms with Crippen molar-refractivity contribution in [3.63, 3.8) is 0 Å². The molecule has 0 rings (SSSR count). The maximum absolute atomic E-state index is 12.3. The predicted molar refractivity (Wildman–Crippen MR) is 39.6 cm³/mol. The lowest BCUT2D eigenvalue weighted by atomic mass is 10.5. The molecule has 0 unspecified atom stereocenters. The Morgan fingerprint density at radius 3 is 2.80 bits per heavy atom. The average molecular weight is 211 g/mol. The van der Waals surface area contributed by atoms with Crippen molar-refractivity contribution in [1.82, 2.24) is 0 Å². The van der Waals surface area contributed by atoms with Crippen molar-refractivity contribution in [2.75, 3.05) is 11.9 Å². The molecule has 0 radical (unpaired) electrons. The molecule has 4 heteroatoms. The summed E-state index contributed by atoms with van der Waals surface area (Å²) in [5, 5.41) is 0.317. The van der Waals surface area contributed by atoms with Gasteiger partial charge in [-0.2, -0.15) is 4.39 Å². The molecule has 0 aromatic carbocycles. The summed E-state index contributed by atoms with van der Waals surface area (Å²) in [7, 11) is 0. The summed E-state index contributed by atoms with van der Waals surface area (Å²) in [6.45, 7) is 1.82. The first-order chi connectivity index (χ1) is 4.72. The van der Waals surface area contributed by atoms with Crippen molar-refractivity contribution in [3.05, 3.63) is 11.9 Å². The Labute approximate surface area is 67.2 Å². The molecule has 0 aromatic heterocycles. The number of ether oxygens (including phenoxy) is 1. The van der Waals surface area contributed by atoms with Crippen LogP contribution in [0.4, 0.5) is 4.39 Å². The second kappa shape index (κ2) is 5.41. The van der Waals surface area contributed by atoms with E-state index in [0.717, 1.165) is 6.08 Å². The lowest BCUT2D eigenvalue weighted by Gasteiger charge is -1.96. The number of hydrogen-bond donors (Lipinski definition) is 0. The second-order valence-electron chi connectivity index (χ2n) is 1.43. The monoisotopic (exact) mass is 210 g/mol. The van der Waals surface area contributed by atoms with E-state index in [1.54, 1.807) is 6.92 Å². The summed E-state index contributed by atoms with van der Waals surface area (Å²) in [4.78, 5) is 10.4. The van der Waals surface area contributed by atoms with Gasteiger partial charge in [0.15, 0.2) is 0 Å². The molecule has 0 saturated heterocycles. The van der Waals surface area contributed by atoms with Gasteiger partial charge in [-0.1, -0.05) is 15.9 Å². The van der Waals surface area contributed by atoms with Crippen LogP contribution >= 0.6 is 15.9 Å². The van der Waals surface area contributed by atoms with Crippen LogP contribution in [-0.2, 0) is 9.53 Å². The molecule has 0 spiro atoms. The molecule has 0 aromatic rings. The molecule has 0 aliphatic carbocycles. The highest BCUT2D eigenvalue weighted by atomic mass is 79.9. The van der Waals surface area contributed by atoms with Crippen LogP contribution in [0.15, 0.2) is 11.9 Å². The van der Waals surface area contributed by atoms with Crippen LogP contribution < -0.4 is 0 Å². The summed E-state index contributed by atoms with van der Waals surface area (Å²) in [6, 6.07) is 0. The highest BCUT2D eigenvalue weighted by molar-refractivity contribution is 9.09. The standard InChI is InChI=1S/C6H8BrFO2/c1-2-10-6(9)5(8)3-4-7/h3H,2,4H2,1H3. The van der Waals surface area contributed by atoms with Crippen LogP contribution in [0.1, 0.15) is 6.92 Å². The van der Waals surface area contributed by atoms with Gasteiger partial charge in [-0.25, -0.2) is 4.79 Å². The number of carbonyl (C=O) groups is 1. The quantitative estimate of drug-likeness (QED) is 0.404. The molecule has 0 aliphatic heterocycles. The lowest BCUT2D eigenvalue weighted by molar-refractivity contribution is -0.140. The Hall–Kier alpha value is -0.380. The average Bonchev–Trinajstić information content (AvgIpc) is 1.89. The van der Waals surface area contributed by atoms with E-state index in [-0.39, 0.29) is 6.61 Å². The van der Waals surface area contributed by atoms with Crippen LogP contribution in [-0.4, -0.2) is 17.9 Å². The smallest absolute Gasteiger partial charge is 0.366 e. The Kier molecular flexibility index (Phi) is 5.20. The van der Waals surface area contributed by atoms with E-state index in [2.05, 4.69) is 20.7 Å². The van der Waals surface area contributed by atoms with Gasteiger partial charge in [-0.15, -0.1) is 0 Å². The maximum atomic E-state index is 12.3. The lowest BCUT2D eigenvalue weighted by Crippen LogP contribution is -2.04. The normalized spacial score (nSPS) is 11.3. The minimum Gasteiger partial charge on any atom is -0.461 e. The van der Waals surface area contributed by atoms with Gasteiger partial charge in [0.25, 0.3) is 0 Å². The highest BCUT2D eigenvalue weighted by Gasteiger charge is 2.06. The Morgan fingerprint density at radius 2 is 2.40 bits per heavy atom. The van der Waals surface area contributed by atoms with Gasteiger partial charge in [0.1, 0.15) is 0 Å². The van der Waals surface area contributed by atoms with Gasteiger partial charge in [-0.05, 0) is 13.0 Å². The minimum absolute atomic E-state index is 0.197. The molecular formula is C6H8BrFO2. The number of allylic oxidation sites excluding steroid dienone is 1. The molecule has 10 heavy (non-hydrogen) atoms. The highest BCUT2D eigenvalue weighted by Crippen LogP contribution is 2.00. The van der Waals surface area contributed by atoms with E-state index in [1.165, 1.54) is 0 Å². The third kappa shape index (κ3) is 3.61. The van der Waals surface area contributed by atoms with Crippen molar-refractivity contribution >= 4 is 21.9 Å². The van der Waals surface area contributed by atoms with E-state index in [0.29, 0.717) is 5.33 Å². The summed E-state index contributed by atoms with van der Waals surface area (Å²) in [6.07, 6.45) is 1.11. The summed E-state index contributed by atoms with van der Waals surface area (Å²) in [5.41, 5.74) is 0. The van der Waals surface area contributed by atoms with Crippen LogP contribution in [0.5, 0.6) is 0 Å². The third-order valence-corrected chi connectivity index (χ3v) is 1.05. The number of alkyl halides is 1. The molecule has 0 saturated carbocycles. The molecular weight excluding hydrogens is 203 g/mol. The van der Waals surface area contributed by atoms with Crippen LogP contribution in [0.3, 0.4) is 0 Å². The van der Waals surface area contributed by atoms with Gasteiger partial charge in [0.2, 0.25) is 5.83 Å². The van der Waals surface area contributed by atoms with Gasteiger partial charge < -0.3 is 4.74 Å². The molecule has 0 N–H and O–H groups in total. The fourth-order valence-electron chi connectivity index (χ4n) is 0.351. The minimum atomic E-state index is -0.901. The van der Waals surface area contributed by atoms with Gasteiger partial charge >= 0.3 is 5.97 Å². The maximum Gasteiger partial charge on any atom is 0.366 e. The summed E-state index contributed by atoms with van der Waals surface area (Å²) >= 11 is 2.95. The third-order valence-electron chi connectivity index (χ3n) is 0.727. The zero-order chi connectivity index (χ0) is 7.98. The van der Waals surface area contributed by atoms with Crippen LogP contribution in [0, 0.1) is 0 Å². The fraction of sp³-hybridized carbons (Fsp3) is 0.500. The molecule has 0 fully saturated rings. The molecule has 0 atom stereocenters. The molecule has 0 aliphatic rings. The number of hydrogen-bond acceptors (Lipinski definition) is 2. The first-order valence-corrected chi connectivity index (χ1v) is 3.93.